The van der Waals surface area contributed by atoms with Crippen molar-refractivity contribution in [2.45, 2.75) is 80.7 Å². The Kier molecular flexibility index (Phi) is 11.8. The number of alkyl halides is 3. The first kappa shape index (κ1) is 36.5. The third kappa shape index (κ3) is 9.08. The van der Waals surface area contributed by atoms with Crippen molar-refractivity contribution in [1.29, 1.82) is 0 Å². The first-order valence-electron chi connectivity index (χ1n) is 14.5. The fourth-order valence-corrected chi connectivity index (χ4v) is 7.98. The molecule has 1 unspecified atom stereocenters. The number of nitrogens with zero attached hydrogens (tertiary/aromatic N) is 1. The van der Waals surface area contributed by atoms with Crippen molar-refractivity contribution in [3.05, 3.63) is 94.0 Å². The van der Waals surface area contributed by atoms with Gasteiger partial charge in [0.15, 0.2) is 5.03 Å². The van der Waals surface area contributed by atoms with Crippen LogP contribution < -0.4 is 0 Å². The van der Waals surface area contributed by atoms with Crippen LogP contribution in [0.4, 0.5) is 0 Å². The van der Waals surface area contributed by atoms with E-state index in [4.69, 9.17) is 0 Å². The van der Waals surface area contributed by atoms with Crippen LogP contribution in [0.1, 0.15) is 79.8 Å². The molecule has 3 aromatic carbocycles. The van der Waals surface area contributed by atoms with Gasteiger partial charge in [-0.05, 0) is 129 Å². The molecule has 2 N–H and O–H groups in total. The van der Waals surface area contributed by atoms with Crippen LogP contribution in [-0.2, 0) is 9.84 Å². The summed E-state index contributed by atoms with van der Waals surface area (Å²) < 4.78 is 22.8. The van der Waals surface area contributed by atoms with E-state index in [2.05, 4.69) is 106 Å². The van der Waals surface area contributed by atoms with Crippen molar-refractivity contribution in [3.8, 4) is 11.5 Å². The molecule has 0 aliphatic carbocycles. The molecular formula is C35H42Br3NO4S. The van der Waals surface area contributed by atoms with Gasteiger partial charge in [0.2, 0.25) is 11.3 Å². The molecule has 0 aliphatic rings. The molecule has 0 saturated carbocycles. The number of aryl methyl sites for hydroxylation is 4. The lowest BCUT2D eigenvalue weighted by atomic mass is 9.76. The second kappa shape index (κ2) is 14.2. The van der Waals surface area contributed by atoms with E-state index in [1.54, 1.807) is 12.1 Å². The highest BCUT2D eigenvalue weighted by atomic mass is 80.0. The lowest BCUT2D eigenvalue weighted by molar-refractivity contribution is 0.289. The van der Waals surface area contributed by atoms with Gasteiger partial charge in [0, 0.05) is 22.4 Å². The van der Waals surface area contributed by atoms with Crippen molar-refractivity contribution < 1.29 is 18.6 Å². The number of hydrogen-bond acceptors (Lipinski definition) is 5. The molecule has 1 atom stereocenters. The average Bonchev–Trinajstić information content (AvgIpc) is 2.90. The first-order chi connectivity index (χ1) is 20.2. The number of rotatable bonds is 6. The monoisotopic (exact) mass is 809 g/mol. The minimum absolute atomic E-state index is 0.00169. The summed E-state index contributed by atoms with van der Waals surface area (Å²) in [5, 5.41) is 22.6. The maximum absolute atomic E-state index is 12.1. The molecule has 9 heteroatoms. The number of benzene rings is 3. The quantitative estimate of drug-likeness (QED) is 0.189. The van der Waals surface area contributed by atoms with Crippen molar-refractivity contribution in [2.75, 3.05) is 0 Å². The minimum atomic E-state index is -3.63. The average molecular weight is 813 g/mol. The van der Waals surface area contributed by atoms with Crippen LogP contribution in [0, 0.1) is 39.0 Å². The van der Waals surface area contributed by atoms with E-state index in [0.29, 0.717) is 22.9 Å². The van der Waals surface area contributed by atoms with Crippen LogP contribution in [0.3, 0.4) is 0 Å². The number of pyridine rings is 1. The van der Waals surface area contributed by atoms with Crippen molar-refractivity contribution in [1.82, 2.24) is 4.98 Å². The van der Waals surface area contributed by atoms with E-state index in [0.717, 1.165) is 51.6 Å². The van der Waals surface area contributed by atoms with Gasteiger partial charge in [-0.1, -0.05) is 81.3 Å². The van der Waals surface area contributed by atoms with E-state index in [1.165, 1.54) is 6.07 Å². The molecule has 4 aromatic rings. The Morgan fingerprint density at radius 2 is 1.30 bits per heavy atom. The molecule has 0 amide bonds. The third-order valence-corrected chi connectivity index (χ3v) is 12.7. The molecule has 0 aliphatic heterocycles. The Morgan fingerprint density at radius 1 is 0.795 bits per heavy atom. The summed E-state index contributed by atoms with van der Waals surface area (Å²) in [6.45, 7) is 17.1. The number of phenolic OH excluding ortho intramolecular Hbond substituents is 2. The zero-order valence-corrected chi connectivity index (χ0v) is 32.1. The van der Waals surface area contributed by atoms with Gasteiger partial charge in [-0.15, -0.1) is 0 Å². The summed E-state index contributed by atoms with van der Waals surface area (Å²) in [5.74, 6) is 1.15. The molecule has 238 valence electrons. The highest BCUT2D eigenvalue weighted by Gasteiger charge is 2.38. The van der Waals surface area contributed by atoms with Gasteiger partial charge in [0.1, 0.15) is 11.5 Å². The third-order valence-electron chi connectivity index (χ3n) is 7.45. The molecule has 44 heavy (non-hydrogen) atoms. The molecule has 0 radical (unpaired) electrons. The predicted molar refractivity (Wildman–Crippen MR) is 193 cm³/mol. The summed E-state index contributed by atoms with van der Waals surface area (Å²) in [5.41, 5.74) is 6.80. The van der Waals surface area contributed by atoms with Gasteiger partial charge < -0.3 is 10.2 Å². The number of fused-ring (bicyclic) bond motifs is 1. The van der Waals surface area contributed by atoms with E-state index < -0.39 is 11.3 Å². The number of phenols is 2. The SMILES string of the molecule is Cc1cc(C)c(O)c(C(CC(C)CC(C)(C)C)c2cc(C)cc(C)c2O)c1.O=S(=O)(c1ccc2ccccc2n1)C(Br)(Br)Br. The first-order valence-corrected chi connectivity index (χ1v) is 18.3. The van der Waals surface area contributed by atoms with Gasteiger partial charge in [-0.25, -0.2) is 13.4 Å². The highest BCUT2D eigenvalue weighted by Crippen LogP contribution is 2.45. The Balaban J connectivity index is 0.000000266. The lowest BCUT2D eigenvalue weighted by Gasteiger charge is -2.29. The maximum atomic E-state index is 12.1. The molecular weight excluding hydrogens is 770 g/mol. The number of halogens is 3. The molecule has 1 heterocycles. The topological polar surface area (TPSA) is 87.5 Å². The number of sulfone groups is 1. The number of aromatic hydroxyl groups is 2. The summed E-state index contributed by atoms with van der Waals surface area (Å²) in [6, 6.07) is 18.7. The summed E-state index contributed by atoms with van der Waals surface area (Å²) >= 11 is 9.02. The number of hydrogen-bond donors (Lipinski definition) is 2. The summed E-state index contributed by atoms with van der Waals surface area (Å²) in [7, 11) is -3.63. The van der Waals surface area contributed by atoms with Crippen molar-refractivity contribution in [2.24, 2.45) is 11.3 Å². The summed E-state index contributed by atoms with van der Waals surface area (Å²) in [4.78, 5) is 4.14. The standard InChI is InChI=1S/C25H36O2.C10H6Br3NO2S/c1-15-9-18(4)23(26)21(11-15)20(13-17(3)14-25(6,7)8)22-12-16(2)10-19(5)24(22)27;11-10(12,13)17(15,16)9-6-5-7-3-1-2-4-8(7)14-9/h9-12,17,20,26-27H,13-14H2,1-8H3;1-6H. The lowest BCUT2D eigenvalue weighted by Crippen LogP contribution is -2.19. The number of aromatic nitrogens is 1. The predicted octanol–water partition coefficient (Wildman–Crippen LogP) is 10.7. The van der Waals surface area contributed by atoms with Crippen LogP contribution in [0.15, 0.2) is 65.7 Å². The molecule has 1 aromatic heterocycles. The molecule has 4 rings (SSSR count). The van der Waals surface area contributed by atoms with E-state index in [-0.39, 0.29) is 16.4 Å². The molecule has 5 nitrogen and oxygen atoms in total. The van der Waals surface area contributed by atoms with Crippen molar-refractivity contribution >= 4 is 68.5 Å². The van der Waals surface area contributed by atoms with Crippen LogP contribution in [-0.4, -0.2) is 25.1 Å². The zero-order valence-electron chi connectivity index (χ0n) is 26.5. The Hall–Kier alpha value is -1.94. The molecule has 0 fully saturated rings. The minimum Gasteiger partial charge on any atom is -0.507 e. The van der Waals surface area contributed by atoms with E-state index >= 15 is 0 Å². The second-order valence-corrected chi connectivity index (χ2v) is 23.4. The van der Waals surface area contributed by atoms with Crippen LogP contribution >= 0.6 is 47.8 Å². The Labute approximate surface area is 287 Å². The van der Waals surface area contributed by atoms with Crippen LogP contribution in [0.5, 0.6) is 11.5 Å². The molecule has 0 spiro atoms. The van der Waals surface area contributed by atoms with Gasteiger partial charge in [0.25, 0.3) is 0 Å². The number of para-hydroxylation sites is 1. The second-order valence-electron chi connectivity index (χ2n) is 13.0. The molecule has 0 saturated heterocycles. The van der Waals surface area contributed by atoms with E-state index in [1.807, 2.05) is 44.2 Å². The van der Waals surface area contributed by atoms with Gasteiger partial charge in [-0.3, -0.25) is 0 Å². The maximum Gasteiger partial charge on any atom is 0.240 e. The zero-order chi connectivity index (χ0) is 33.2. The Bertz CT molecular complexity index is 1680. The normalized spacial score (nSPS) is 13.1. The van der Waals surface area contributed by atoms with Crippen LogP contribution in [0.25, 0.3) is 10.9 Å². The smallest absolute Gasteiger partial charge is 0.240 e. The van der Waals surface area contributed by atoms with Crippen molar-refractivity contribution in [3.63, 3.8) is 0 Å². The van der Waals surface area contributed by atoms with Gasteiger partial charge >= 0.3 is 0 Å². The molecule has 0 bridgehead atoms. The fraction of sp³-hybridized carbons (Fsp3) is 0.400. The highest BCUT2D eigenvalue weighted by molar-refractivity contribution is 9.42. The fourth-order valence-electron chi connectivity index (χ4n) is 5.79. The van der Waals surface area contributed by atoms with Crippen LogP contribution in [0.2, 0.25) is 0 Å². The van der Waals surface area contributed by atoms with Gasteiger partial charge in [0.05, 0.1) is 5.52 Å². The Morgan fingerprint density at radius 3 is 1.77 bits per heavy atom. The van der Waals surface area contributed by atoms with E-state index in [9.17, 15) is 18.6 Å². The summed E-state index contributed by atoms with van der Waals surface area (Å²) in [6.07, 6.45) is 1.99. The van der Waals surface area contributed by atoms with Gasteiger partial charge in [-0.2, -0.15) is 0 Å². The largest absolute Gasteiger partial charge is 0.507 e.